The van der Waals surface area contributed by atoms with E-state index in [0.717, 1.165) is 17.9 Å². The van der Waals surface area contributed by atoms with E-state index in [0.29, 0.717) is 33.7 Å². The predicted molar refractivity (Wildman–Crippen MR) is 94.9 cm³/mol. The topological polar surface area (TPSA) is 70.7 Å². The summed E-state index contributed by atoms with van der Waals surface area (Å²) in [5, 5.41) is 11.4. The Hall–Kier alpha value is -1.53. The van der Waals surface area contributed by atoms with E-state index in [-0.39, 0.29) is 5.91 Å². The van der Waals surface area contributed by atoms with Crippen LogP contribution in [0.1, 0.15) is 25.7 Å². The number of halogens is 1. The third-order valence-corrected chi connectivity index (χ3v) is 6.19. The van der Waals surface area contributed by atoms with E-state index in [4.69, 9.17) is 11.6 Å². The number of hydrogen-bond acceptors (Lipinski definition) is 4. The lowest BCUT2D eigenvalue weighted by Gasteiger charge is -2.22. The molecule has 2 N–H and O–H groups in total. The summed E-state index contributed by atoms with van der Waals surface area (Å²) in [4.78, 5) is 16.6. The number of aromatic nitrogens is 3. The number of benzene rings is 1. The molecule has 1 aromatic heterocycles. The molecule has 0 unspecified atom stereocenters. The number of fused-ring (bicyclic) bond motifs is 2. The van der Waals surface area contributed by atoms with Crippen LogP contribution in [0.3, 0.4) is 0 Å². The van der Waals surface area contributed by atoms with Crippen LogP contribution in [0.25, 0.3) is 11.4 Å². The number of aromatic amines is 1. The fourth-order valence-corrected chi connectivity index (χ4v) is 4.72. The van der Waals surface area contributed by atoms with Gasteiger partial charge in [0, 0.05) is 11.6 Å². The van der Waals surface area contributed by atoms with Gasteiger partial charge in [0.25, 0.3) is 0 Å². The lowest BCUT2D eigenvalue weighted by atomic mass is 9.95. The molecule has 0 radical (unpaired) electrons. The molecule has 24 heavy (non-hydrogen) atoms. The highest BCUT2D eigenvalue weighted by atomic mass is 35.5. The monoisotopic (exact) mass is 362 g/mol. The normalized spacial score (nSPS) is 25.1. The van der Waals surface area contributed by atoms with Gasteiger partial charge in [0.1, 0.15) is 0 Å². The van der Waals surface area contributed by atoms with Gasteiger partial charge in [-0.15, -0.1) is 5.10 Å². The zero-order valence-corrected chi connectivity index (χ0v) is 14.7. The zero-order chi connectivity index (χ0) is 16.5. The van der Waals surface area contributed by atoms with E-state index in [1.54, 1.807) is 0 Å². The largest absolute Gasteiger partial charge is 0.352 e. The molecule has 2 saturated carbocycles. The molecule has 2 aliphatic carbocycles. The predicted octanol–water partition coefficient (Wildman–Crippen LogP) is 3.52. The first-order chi connectivity index (χ1) is 11.7. The lowest BCUT2D eigenvalue weighted by Crippen LogP contribution is -2.39. The highest BCUT2D eigenvalue weighted by molar-refractivity contribution is 7.99. The minimum Gasteiger partial charge on any atom is -0.352 e. The van der Waals surface area contributed by atoms with E-state index in [1.165, 1.54) is 31.0 Å². The minimum atomic E-state index is 0.0710. The Kier molecular flexibility index (Phi) is 4.50. The first-order valence-corrected chi connectivity index (χ1v) is 9.65. The average Bonchev–Trinajstić information content (AvgIpc) is 3.30. The standard InChI is InChI=1S/C17H19ClN4OS/c18-13-4-2-1-3-12(13)16-20-17(22-21-16)24-9-15(23)19-14-8-10-5-6-11(14)7-10/h1-4,10-11,14H,5-9H2,(H,19,23)(H,20,21,22)/t10-,11-,14+/m0/s1. The summed E-state index contributed by atoms with van der Waals surface area (Å²) in [6.07, 6.45) is 5.05. The molecule has 4 rings (SSSR count). The van der Waals surface area contributed by atoms with Crippen LogP contribution in [0.15, 0.2) is 29.4 Å². The van der Waals surface area contributed by atoms with Crippen molar-refractivity contribution in [1.29, 1.82) is 0 Å². The molecular weight excluding hydrogens is 344 g/mol. The molecule has 0 spiro atoms. The lowest BCUT2D eigenvalue weighted by molar-refractivity contribution is -0.119. The van der Waals surface area contributed by atoms with Gasteiger partial charge in [0.15, 0.2) is 5.82 Å². The van der Waals surface area contributed by atoms with Crippen molar-refractivity contribution in [3.63, 3.8) is 0 Å². The average molecular weight is 363 g/mol. The molecule has 2 aliphatic rings. The highest BCUT2D eigenvalue weighted by Gasteiger charge is 2.39. The van der Waals surface area contributed by atoms with Gasteiger partial charge in [-0.25, -0.2) is 4.98 Å². The molecule has 7 heteroatoms. The van der Waals surface area contributed by atoms with Crippen molar-refractivity contribution >= 4 is 29.3 Å². The molecule has 1 amide bonds. The number of carbonyl (C=O) groups is 1. The van der Waals surface area contributed by atoms with E-state index >= 15 is 0 Å². The molecule has 5 nitrogen and oxygen atoms in total. The fraction of sp³-hybridized carbons (Fsp3) is 0.471. The van der Waals surface area contributed by atoms with Crippen molar-refractivity contribution < 1.29 is 4.79 Å². The summed E-state index contributed by atoms with van der Waals surface area (Å²) in [6.45, 7) is 0. The van der Waals surface area contributed by atoms with Gasteiger partial charge in [-0.2, -0.15) is 0 Å². The van der Waals surface area contributed by atoms with Crippen LogP contribution < -0.4 is 5.32 Å². The first kappa shape index (κ1) is 16.0. The third kappa shape index (κ3) is 3.30. The molecule has 0 saturated heterocycles. The Morgan fingerprint density at radius 3 is 2.96 bits per heavy atom. The molecule has 2 aromatic rings. The number of carbonyl (C=O) groups excluding carboxylic acids is 1. The van der Waals surface area contributed by atoms with Crippen LogP contribution in [0.5, 0.6) is 0 Å². The number of amides is 1. The summed E-state index contributed by atoms with van der Waals surface area (Å²) in [7, 11) is 0. The first-order valence-electron chi connectivity index (χ1n) is 8.28. The minimum absolute atomic E-state index is 0.0710. The summed E-state index contributed by atoms with van der Waals surface area (Å²) in [6, 6.07) is 7.85. The molecule has 0 aliphatic heterocycles. The Morgan fingerprint density at radius 2 is 2.21 bits per heavy atom. The number of thioether (sulfide) groups is 1. The summed E-state index contributed by atoms with van der Waals surface area (Å²) in [5.41, 5.74) is 0.810. The Balaban J connectivity index is 1.32. The zero-order valence-electron chi connectivity index (χ0n) is 13.2. The second-order valence-corrected chi connectivity index (χ2v) is 7.93. The summed E-state index contributed by atoms with van der Waals surface area (Å²) < 4.78 is 0. The van der Waals surface area contributed by atoms with Gasteiger partial charge in [-0.05, 0) is 43.2 Å². The maximum absolute atomic E-state index is 12.2. The molecule has 1 heterocycles. The van der Waals surface area contributed by atoms with Crippen LogP contribution in [0, 0.1) is 11.8 Å². The maximum Gasteiger partial charge on any atom is 0.230 e. The van der Waals surface area contributed by atoms with Crippen molar-refractivity contribution in [2.75, 3.05) is 5.75 Å². The van der Waals surface area contributed by atoms with Crippen LogP contribution in [-0.4, -0.2) is 32.9 Å². The van der Waals surface area contributed by atoms with Crippen LogP contribution in [0.4, 0.5) is 0 Å². The Bertz CT molecular complexity index is 750. The smallest absolute Gasteiger partial charge is 0.230 e. The molecule has 126 valence electrons. The Labute approximate surface area is 150 Å². The number of nitrogens with zero attached hydrogens (tertiary/aromatic N) is 2. The van der Waals surface area contributed by atoms with E-state index in [9.17, 15) is 4.79 Å². The summed E-state index contributed by atoms with van der Waals surface area (Å²) in [5.74, 6) is 2.56. The van der Waals surface area contributed by atoms with Gasteiger partial charge in [-0.3, -0.25) is 9.89 Å². The number of nitrogens with one attached hydrogen (secondary N) is 2. The number of rotatable bonds is 5. The van der Waals surface area contributed by atoms with Crippen molar-refractivity contribution in [3.05, 3.63) is 29.3 Å². The van der Waals surface area contributed by atoms with Gasteiger partial charge in [0.05, 0.1) is 10.8 Å². The van der Waals surface area contributed by atoms with Gasteiger partial charge in [-0.1, -0.05) is 41.9 Å². The maximum atomic E-state index is 12.2. The third-order valence-electron chi connectivity index (χ3n) is 5.01. The molecule has 3 atom stereocenters. The quantitative estimate of drug-likeness (QED) is 0.798. The van der Waals surface area contributed by atoms with Crippen molar-refractivity contribution in [2.24, 2.45) is 11.8 Å². The van der Waals surface area contributed by atoms with Gasteiger partial charge < -0.3 is 5.32 Å². The molecule has 2 fully saturated rings. The van der Waals surface area contributed by atoms with Crippen molar-refractivity contribution in [2.45, 2.75) is 36.9 Å². The van der Waals surface area contributed by atoms with E-state index < -0.39 is 0 Å². The van der Waals surface area contributed by atoms with Gasteiger partial charge in [0.2, 0.25) is 11.1 Å². The molecular formula is C17H19ClN4OS. The van der Waals surface area contributed by atoms with E-state index in [2.05, 4.69) is 20.5 Å². The fourth-order valence-electron chi connectivity index (χ4n) is 3.88. The second-order valence-electron chi connectivity index (χ2n) is 6.58. The van der Waals surface area contributed by atoms with Crippen molar-refractivity contribution in [3.8, 4) is 11.4 Å². The number of hydrogen-bond donors (Lipinski definition) is 2. The second kappa shape index (κ2) is 6.76. The highest BCUT2D eigenvalue weighted by Crippen LogP contribution is 2.44. The van der Waals surface area contributed by atoms with Crippen LogP contribution in [0.2, 0.25) is 5.02 Å². The molecule has 1 aromatic carbocycles. The van der Waals surface area contributed by atoms with E-state index in [1.807, 2.05) is 24.3 Å². The Morgan fingerprint density at radius 1 is 1.33 bits per heavy atom. The number of H-pyrrole nitrogens is 1. The summed E-state index contributed by atoms with van der Waals surface area (Å²) >= 11 is 7.51. The van der Waals surface area contributed by atoms with Crippen LogP contribution in [-0.2, 0) is 4.79 Å². The molecule has 2 bridgehead atoms. The van der Waals surface area contributed by atoms with Crippen molar-refractivity contribution in [1.82, 2.24) is 20.5 Å². The SMILES string of the molecule is O=C(CSc1n[nH]c(-c2ccccc2Cl)n1)N[C@@H]1C[C@H]2CC[C@H]1C2. The van der Waals surface area contributed by atoms with Crippen LogP contribution >= 0.6 is 23.4 Å². The van der Waals surface area contributed by atoms with Gasteiger partial charge >= 0.3 is 0 Å².